The summed E-state index contributed by atoms with van der Waals surface area (Å²) < 4.78 is 14.3. The highest BCUT2D eigenvalue weighted by molar-refractivity contribution is 9.10. The van der Waals surface area contributed by atoms with E-state index < -0.39 is 0 Å². The average Bonchev–Trinajstić information content (AvgIpc) is 3.24. The molecule has 3 heterocycles. The van der Waals surface area contributed by atoms with E-state index in [-0.39, 0.29) is 17.8 Å². The van der Waals surface area contributed by atoms with Gasteiger partial charge in [0.25, 0.3) is 0 Å². The molecule has 0 radical (unpaired) electrons. The monoisotopic (exact) mass is 425 g/mol. The van der Waals surface area contributed by atoms with Gasteiger partial charge in [-0.15, -0.1) is 0 Å². The summed E-state index contributed by atoms with van der Waals surface area (Å²) >= 11 is 3.18. The molecule has 1 amide bonds. The Kier molecular flexibility index (Phi) is 3.90. The lowest BCUT2D eigenvalue weighted by molar-refractivity contribution is -0.119. The number of hydrogen-bond donors (Lipinski definition) is 1. The van der Waals surface area contributed by atoms with Gasteiger partial charge in [0.2, 0.25) is 5.91 Å². The molecule has 2 aliphatic rings. The van der Waals surface area contributed by atoms with Gasteiger partial charge in [-0.2, -0.15) is 0 Å². The van der Waals surface area contributed by atoms with Crippen molar-refractivity contribution < 1.29 is 9.18 Å². The summed E-state index contributed by atoms with van der Waals surface area (Å²) in [6.07, 6.45) is 4.82. The number of amides is 1. The largest absolute Gasteiger partial charge is 0.340 e. The van der Waals surface area contributed by atoms with Crippen LogP contribution in [0.25, 0.3) is 11.3 Å². The van der Waals surface area contributed by atoms with Crippen LogP contribution in [0.15, 0.2) is 47.1 Å². The molecule has 6 heteroatoms. The summed E-state index contributed by atoms with van der Waals surface area (Å²) in [5.74, 6) is 0.575. The van der Waals surface area contributed by atoms with E-state index in [1.165, 1.54) is 17.2 Å². The van der Waals surface area contributed by atoms with Crippen LogP contribution in [0.4, 0.5) is 10.1 Å². The van der Waals surface area contributed by atoms with Crippen LogP contribution < -0.4 is 4.90 Å². The summed E-state index contributed by atoms with van der Waals surface area (Å²) in [7, 11) is 0. The molecule has 0 saturated carbocycles. The maximum Gasteiger partial charge on any atom is 0.227 e. The van der Waals surface area contributed by atoms with E-state index in [4.69, 9.17) is 0 Å². The number of anilines is 1. The number of H-pyrrole nitrogens is 1. The smallest absolute Gasteiger partial charge is 0.227 e. The molecular weight excluding hydrogens is 409 g/mol. The van der Waals surface area contributed by atoms with Gasteiger partial charge in [0, 0.05) is 18.4 Å². The number of nitrogens with one attached hydrogen (secondary N) is 1. The van der Waals surface area contributed by atoms with Crippen LogP contribution >= 0.6 is 15.9 Å². The van der Waals surface area contributed by atoms with Gasteiger partial charge in [-0.25, -0.2) is 9.37 Å². The highest BCUT2D eigenvalue weighted by atomic mass is 79.9. The molecule has 0 bridgehead atoms. The van der Waals surface area contributed by atoms with Crippen molar-refractivity contribution in [2.75, 3.05) is 4.90 Å². The average molecular weight is 426 g/mol. The molecule has 0 fully saturated rings. The maximum absolute atomic E-state index is 13.9. The zero-order valence-corrected chi connectivity index (χ0v) is 16.1. The quantitative estimate of drug-likeness (QED) is 0.631. The topological polar surface area (TPSA) is 49.0 Å². The van der Waals surface area contributed by atoms with Gasteiger partial charge in [-0.05, 0) is 52.0 Å². The van der Waals surface area contributed by atoms with Crippen LogP contribution in [0.1, 0.15) is 35.8 Å². The molecule has 3 aromatic rings. The molecule has 27 heavy (non-hydrogen) atoms. The number of benzene rings is 2. The molecule has 5 rings (SSSR count). The van der Waals surface area contributed by atoms with E-state index in [9.17, 15) is 9.18 Å². The minimum Gasteiger partial charge on any atom is -0.340 e. The zero-order chi connectivity index (χ0) is 18.5. The van der Waals surface area contributed by atoms with Crippen molar-refractivity contribution in [3.63, 3.8) is 0 Å². The molecule has 1 atom stereocenters. The number of nitrogens with zero attached hydrogens (tertiary/aromatic N) is 2. The molecule has 4 nitrogen and oxygen atoms in total. The normalized spacial score (nSPS) is 18.5. The first-order valence-corrected chi connectivity index (χ1v) is 9.84. The maximum atomic E-state index is 13.9. The standard InChI is InChI=1S/C21H17BrFN3O/c22-15-8-7-13(9-16(15)23)17-11-24-21(25-17)18-10-14-5-1-3-12-4-2-6-19(27)26(18)20(12)14/h1,3,5,7-9,11,18H,2,4,6,10H2,(H,24,25)/t18-/m0/s1. The minimum atomic E-state index is -0.316. The van der Waals surface area contributed by atoms with Gasteiger partial charge >= 0.3 is 0 Å². The van der Waals surface area contributed by atoms with Gasteiger partial charge in [0.05, 0.1) is 28.1 Å². The fourth-order valence-corrected chi connectivity index (χ4v) is 4.41. The predicted octanol–water partition coefficient (Wildman–Crippen LogP) is 4.95. The van der Waals surface area contributed by atoms with Crippen LogP contribution in [0, 0.1) is 5.82 Å². The molecule has 136 valence electrons. The Hall–Kier alpha value is -2.47. The number of carbonyl (C=O) groups excluding carboxylic acids is 1. The third kappa shape index (κ3) is 2.70. The Bertz CT molecular complexity index is 1060. The van der Waals surface area contributed by atoms with Crippen LogP contribution in [0.2, 0.25) is 0 Å². The number of rotatable bonds is 2. The molecule has 1 N–H and O–H groups in total. The van der Waals surface area contributed by atoms with Gasteiger partial charge in [0.1, 0.15) is 11.6 Å². The third-order valence-corrected chi connectivity index (χ3v) is 6.06. The Morgan fingerprint density at radius 2 is 2.04 bits per heavy atom. The van der Waals surface area contributed by atoms with Crippen molar-refractivity contribution in [3.05, 3.63) is 69.8 Å². The van der Waals surface area contributed by atoms with E-state index in [2.05, 4.69) is 44.1 Å². The second kappa shape index (κ2) is 6.30. The molecule has 0 spiro atoms. The number of carbonyl (C=O) groups is 1. The van der Waals surface area contributed by atoms with Crippen molar-refractivity contribution in [1.82, 2.24) is 9.97 Å². The van der Waals surface area contributed by atoms with Crippen LogP contribution in [-0.2, 0) is 17.6 Å². The van der Waals surface area contributed by atoms with E-state index in [0.717, 1.165) is 42.0 Å². The Morgan fingerprint density at radius 3 is 2.89 bits per heavy atom. The Morgan fingerprint density at radius 1 is 1.19 bits per heavy atom. The first kappa shape index (κ1) is 16.7. The van der Waals surface area contributed by atoms with Crippen LogP contribution in [0.3, 0.4) is 0 Å². The van der Waals surface area contributed by atoms with Crippen molar-refractivity contribution in [3.8, 4) is 11.3 Å². The van der Waals surface area contributed by atoms with Crippen molar-refractivity contribution in [2.45, 2.75) is 31.7 Å². The summed E-state index contributed by atoms with van der Waals surface area (Å²) in [4.78, 5) is 22.6. The summed E-state index contributed by atoms with van der Waals surface area (Å²) in [5, 5.41) is 0. The zero-order valence-electron chi connectivity index (χ0n) is 14.5. The van der Waals surface area contributed by atoms with Crippen molar-refractivity contribution >= 4 is 27.5 Å². The molecule has 0 saturated heterocycles. The number of aryl methyl sites for hydroxylation is 1. The second-order valence-electron chi connectivity index (χ2n) is 7.07. The Balaban J connectivity index is 1.54. The number of halogens is 2. The van der Waals surface area contributed by atoms with Gasteiger partial charge in [-0.1, -0.05) is 24.3 Å². The van der Waals surface area contributed by atoms with Crippen LogP contribution in [0.5, 0.6) is 0 Å². The third-order valence-electron chi connectivity index (χ3n) is 5.42. The van der Waals surface area contributed by atoms with E-state index in [0.29, 0.717) is 10.9 Å². The van der Waals surface area contributed by atoms with Crippen molar-refractivity contribution in [1.29, 1.82) is 0 Å². The molecule has 0 unspecified atom stereocenters. The number of aromatic amines is 1. The summed E-state index contributed by atoms with van der Waals surface area (Å²) in [5.41, 5.74) is 4.98. The fraction of sp³-hybridized carbons (Fsp3) is 0.238. The van der Waals surface area contributed by atoms with E-state index >= 15 is 0 Å². The SMILES string of the molecule is O=C1CCCc2cccc3c2N1[C@H](c1ncc(-c2ccc(Br)c(F)c2)[nH]1)C3. The van der Waals surface area contributed by atoms with Gasteiger partial charge in [0.15, 0.2) is 0 Å². The van der Waals surface area contributed by atoms with Gasteiger partial charge in [-0.3, -0.25) is 4.79 Å². The fourth-order valence-electron chi connectivity index (χ4n) is 4.16. The molecule has 2 aliphatic heterocycles. The molecule has 0 aliphatic carbocycles. The molecule has 1 aromatic heterocycles. The minimum absolute atomic E-state index is 0.138. The number of para-hydroxylation sites is 1. The number of aromatic nitrogens is 2. The first-order valence-electron chi connectivity index (χ1n) is 9.05. The summed E-state index contributed by atoms with van der Waals surface area (Å²) in [6.45, 7) is 0. The van der Waals surface area contributed by atoms with Crippen molar-refractivity contribution in [2.24, 2.45) is 0 Å². The Labute approximate surface area is 164 Å². The molecular formula is C21H17BrFN3O. The lowest BCUT2D eigenvalue weighted by Gasteiger charge is -2.24. The van der Waals surface area contributed by atoms with Gasteiger partial charge < -0.3 is 9.88 Å². The highest BCUT2D eigenvalue weighted by Gasteiger charge is 2.38. The lowest BCUT2D eigenvalue weighted by atomic mass is 10.0. The highest BCUT2D eigenvalue weighted by Crippen LogP contribution is 2.44. The predicted molar refractivity (Wildman–Crippen MR) is 105 cm³/mol. The van der Waals surface area contributed by atoms with E-state index in [1.54, 1.807) is 12.3 Å². The lowest BCUT2D eigenvalue weighted by Crippen LogP contribution is -2.32. The summed E-state index contributed by atoms with van der Waals surface area (Å²) in [6, 6.07) is 11.1. The van der Waals surface area contributed by atoms with Crippen LogP contribution in [-0.4, -0.2) is 15.9 Å². The van der Waals surface area contributed by atoms with E-state index in [1.807, 2.05) is 11.0 Å². The first-order chi connectivity index (χ1) is 13.1. The molecule has 2 aromatic carbocycles. The number of hydrogen-bond acceptors (Lipinski definition) is 2. The second-order valence-corrected chi connectivity index (χ2v) is 7.93. The number of imidazole rings is 1.